The maximum absolute atomic E-state index is 6.03. The quantitative estimate of drug-likeness (QED) is 0.181. The van der Waals surface area contributed by atoms with Gasteiger partial charge in [0.2, 0.25) is 5.69 Å². The SMILES string of the molecule is CCCN1/C(=C/C2=C(S)C(=C\C3=[N+](CCC)c4ccccc4C3(C)C)/C2=S)C(C)(C)c2ccccc21. The lowest BCUT2D eigenvalue weighted by Crippen LogP contribution is -2.31. The number of para-hydroxylation sites is 2. The van der Waals surface area contributed by atoms with Crippen LogP contribution in [0.5, 0.6) is 0 Å². The summed E-state index contributed by atoms with van der Waals surface area (Å²) in [5.41, 5.74) is 10.0. The highest BCUT2D eigenvalue weighted by Gasteiger charge is 2.45. The van der Waals surface area contributed by atoms with E-state index in [2.05, 4.69) is 112 Å². The van der Waals surface area contributed by atoms with E-state index in [0.29, 0.717) is 0 Å². The molecule has 0 bridgehead atoms. The summed E-state index contributed by atoms with van der Waals surface area (Å²) in [5.74, 6) is 0. The summed E-state index contributed by atoms with van der Waals surface area (Å²) in [5, 5.41) is 0. The Bertz CT molecular complexity index is 1380. The van der Waals surface area contributed by atoms with Crippen molar-refractivity contribution in [1.82, 2.24) is 0 Å². The highest BCUT2D eigenvalue weighted by Crippen LogP contribution is 2.50. The van der Waals surface area contributed by atoms with Gasteiger partial charge in [-0.1, -0.05) is 76.3 Å². The van der Waals surface area contributed by atoms with Crippen LogP contribution in [0, 0.1) is 0 Å². The number of nitrogens with zero attached hydrogens (tertiary/aromatic N) is 2. The minimum atomic E-state index is -0.0797. The molecule has 0 radical (unpaired) electrons. The Morgan fingerprint density at radius 1 is 0.889 bits per heavy atom. The zero-order valence-electron chi connectivity index (χ0n) is 22.4. The van der Waals surface area contributed by atoms with Crippen molar-refractivity contribution < 1.29 is 4.58 Å². The second-order valence-corrected chi connectivity index (χ2v) is 12.0. The van der Waals surface area contributed by atoms with Crippen molar-refractivity contribution in [2.45, 2.75) is 65.2 Å². The van der Waals surface area contributed by atoms with Crippen molar-refractivity contribution in [3.8, 4) is 0 Å². The molecule has 1 aliphatic carbocycles. The fourth-order valence-electron chi connectivity index (χ4n) is 6.12. The Hall–Kier alpha value is -2.43. The molecule has 0 unspecified atom stereocenters. The summed E-state index contributed by atoms with van der Waals surface area (Å²) in [4.78, 5) is 4.40. The maximum Gasteiger partial charge on any atom is 0.209 e. The van der Waals surface area contributed by atoms with Crippen LogP contribution < -0.4 is 4.90 Å². The minimum absolute atomic E-state index is 0.0797. The molecule has 3 aliphatic rings. The van der Waals surface area contributed by atoms with Crippen LogP contribution >= 0.6 is 24.8 Å². The number of rotatable bonds is 6. The standard InChI is InChI=1S/C32H36N2S2/c1-7-17-33-25-15-11-9-13-23(25)31(3,4)27(33)19-21-29(35)22(30(21)36)20-28-32(5,6)24-14-10-12-16-26(24)34(28)18-8-2/h9-16,19-20H,7-8,17-18H2,1-6H3/p+1. The first kappa shape index (κ1) is 25.2. The Morgan fingerprint density at radius 3 is 2.22 bits per heavy atom. The zero-order chi connectivity index (χ0) is 25.8. The third-order valence-electron chi connectivity index (χ3n) is 8.05. The summed E-state index contributed by atoms with van der Waals surface area (Å²) in [6.07, 6.45) is 6.79. The summed E-state index contributed by atoms with van der Waals surface area (Å²) in [6, 6.07) is 17.6. The molecule has 2 heterocycles. The lowest BCUT2D eigenvalue weighted by Gasteiger charge is -2.30. The average Bonchev–Trinajstić information content (AvgIpc) is 3.20. The highest BCUT2D eigenvalue weighted by molar-refractivity contribution is 7.86. The summed E-state index contributed by atoms with van der Waals surface area (Å²) >= 11 is 11.0. The van der Waals surface area contributed by atoms with Gasteiger partial charge in [0, 0.05) is 63.5 Å². The van der Waals surface area contributed by atoms with E-state index in [0.717, 1.165) is 46.8 Å². The van der Waals surface area contributed by atoms with Gasteiger partial charge in [-0.2, -0.15) is 4.58 Å². The Balaban J connectivity index is 1.58. The van der Waals surface area contributed by atoms with Gasteiger partial charge < -0.3 is 4.90 Å². The van der Waals surface area contributed by atoms with Crippen molar-refractivity contribution in [3.63, 3.8) is 0 Å². The van der Waals surface area contributed by atoms with Crippen LogP contribution in [0.2, 0.25) is 0 Å². The van der Waals surface area contributed by atoms with Crippen molar-refractivity contribution in [1.29, 1.82) is 0 Å². The van der Waals surface area contributed by atoms with Crippen LogP contribution in [0.25, 0.3) is 0 Å². The topological polar surface area (TPSA) is 6.25 Å². The monoisotopic (exact) mass is 513 g/mol. The van der Waals surface area contributed by atoms with Gasteiger partial charge in [0.05, 0.1) is 10.3 Å². The largest absolute Gasteiger partial charge is 0.344 e. The van der Waals surface area contributed by atoms with Gasteiger partial charge >= 0.3 is 0 Å². The molecule has 2 aromatic rings. The summed E-state index contributed by atoms with van der Waals surface area (Å²) in [6.45, 7) is 15.8. The van der Waals surface area contributed by atoms with Gasteiger partial charge in [-0.05, 0) is 38.0 Å². The van der Waals surface area contributed by atoms with Gasteiger partial charge in [0.15, 0.2) is 5.71 Å². The van der Waals surface area contributed by atoms with Gasteiger partial charge in [0.25, 0.3) is 0 Å². The number of hydrogen-bond acceptors (Lipinski definition) is 3. The van der Waals surface area contributed by atoms with Crippen LogP contribution in [-0.4, -0.2) is 28.2 Å². The van der Waals surface area contributed by atoms with Gasteiger partial charge in [-0.3, -0.25) is 0 Å². The molecule has 4 heteroatoms. The van der Waals surface area contributed by atoms with E-state index >= 15 is 0 Å². The molecule has 0 fully saturated rings. The predicted molar refractivity (Wildman–Crippen MR) is 161 cm³/mol. The molecule has 2 nitrogen and oxygen atoms in total. The number of thiol groups is 1. The van der Waals surface area contributed by atoms with Crippen LogP contribution in [0.1, 0.15) is 65.5 Å². The Labute approximate surface area is 227 Å². The number of hydrogen-bond donors (Lipinski definition) is 1. The molecule has 0 saturated heterocycles. The van der Waals surface area contributed by atoms with Crippen LogP contribution in [0.15, 0.2) is 82.4 Å². The van der Waals surface area contributed by atoms with Crippen molar-refractivity contribution in [2.24, 2.45) is 0 Å². The highest BCUT2D eigenvalue weighted by atomic mass is 32.1. The first-order valence-electron chi connectivity index (χ1n) is 13.2. The molecule has 186 valence electrons. The first-order chi connectivity index (χ1) is 17.1. The van der Waals surface area contributed by atoms with E-state index in [4.69, 9.17) is 24.8 Å². The number of fused-ring (bicyclic) bond motifs is 2. The molecule has 5 rings (SSSR count). The molecule has 2 aromatic carbocycles. The first-order valence-corrected chi connectivity index (χ1v) is 14.0. The van der Waals surface area contributed by atoms with Gasteiger partial charge in [-0.15, -0.1) is 12.6 Å². The molecular weight excluding hydrogens is 477 g/mol. The second-order valence-electron chi connectivity index (χ2n) is 11.2. The average molecular weight is 514 g/mol. The molecule has 0 amide bonds. The number of benzene rings is 2. The normalized spacial score (nSPS) is 22.0. The molecule has 2 aliphatic heterocycles. The van der Waals surface area contributed by atoms with E-state index in [-0.39, 0.29) is 10.8 Å². The molecule has 0 N–H and O–H groups in total. The minimum Gasteiger partial charge on any atom is -0.344 e. The smallest absolute Gasteiger partial charge is 0.209 e. The van der Waals surface area contributed by atoms with E-state index in [1.165, 1.54) is 33.9 Å². The fraction of sp³-hybridized carbons (Fsp3) is 0.375. The van der Waals surface area contributed by atoms with Gasteiger partial charge in [0.1, 0.15) is 6.54 Å². The van der Waals surface area contributed by atoms with Crippen molar-refractivity contribution >= 4 is 46.8 Å². The van der Waals surface area contributed by atoms with Crippen molar-refractivity contribution in [3.05, 3.63) is 93.6 Å². The summed E-state index contributed by atoms with van der Waals surface area (Å²) in [7, 11) is 0. The molecule has 0 saturated carbocycles. The molecular formula is C32H37N2S2+. The molecule has 0 atom stereocenters. The number of allylic oxidation sites excluding steroid dienone is 5. The zero-order valence-corrected chi connectivity index (χ0v) is 24.1. The fourth-order valence-corrected chi connectivity index (χ4v) is 6.94. The molecule has 0 aromatic heterocycles. The van der Waals surface area contributed by atoms with Gasteiger partial charge in [-0.25, -0.2) is 0 Å². The third-order valence-corrected chi connectivity index (χ3v) is 8.98. The van der Waals surface area contributed by atoms with E-state index < -0.39 is 0 Å². The second kappa shape index (κ2) is 9.15. The van der Waals surface area contributed by atoms with Crippen LogP contribution in [-0.2, 0) is 10.8 Å². The maximum atomic E-state index is 6.03. The number of anilines is 1. The molecule has 36 heavy (non-hydrogen) atoms. The molecule has 0 spiro atoms. The Morgan fingerprint density at radius 2 is 1.56 bits per heavy atom. The van der Waals surface area contributed by atoms with Crippen molar-refractivity contribution in [2.75, 3.05) is 18.0 Å². The number of thiocarbonyl (C=S) groups is 1. The van der Waals surface area contributed by atoms with E-state index in [1.54, 1.807) is 0 Å². The van der Waals surface area contributed by atoms with E-state index in [9.17, 15) is 0 Å². The predicted octanol–water partition coefficient (Wildman–Crippen LogP) is 8.06. The lowest BCUT2D eigenvalue weighted by atomic mass is 9.78. The third kappa shape index (κ3) is 3.68. The van der Waals surface area contributed by atoms with Crippen LogP contribution in [0.4, 0.5) is 11.4 Å². The lowest BCUT2D eigenvalue weighted by molar-refractivity contribution is -0.437. The van der Waals surface area contributed by atoms with E-state index in [1.807, 2.05) is 0 Å². The Kier molecular flexibility index (Phi) is 6.41. The van der Waals surface area contributed by atoms with Crippen LogP contribution in [0.3, 0.4) is 0 Å². The summed E-state index contributed by atoms with van der Waals surface area (Å²) < 4.78 is 2.47.